The molecule has 0 saturated heterocycles. The minimum Gasteiger partial charge on any atom is -0.390 e. The maximum absolute atomic E-state index is 13.1. The summed E-state index contributed by atoms with van der Waals surface area (Å²) >= 11 is 0. The van der Waals surface area contributed by atoms with Gasteiger partial charge in [-0.2, -0.15) is 0 Å². The van der Waals surface area contributed by atoms with Crippen LogP contribution in [-0.2, 0) is 20.8 Å². The van der Waals surface area contributed by atoms with E-state index >= 15 is 0 Å². The number of hydrogen-bond acceptors (Lipinski definition) is 5. The van der Waals surface area contributed by atoms with Gasteiger partial charge in [-0.3, -0.25) is 19.6 Å². The fourth-order valence-electron chi connectivity index (χ4n) is 3.83. The zero-order chi connectivity index (χ0) is 24.5. The first-order valence-electron chi connectivity index (χ1n) is 12.1. The van der Waals surface area contributed by atoms with Crippen LogP contribution in [0.1, 0.15) is 76.7 Å². The topological polar surface area (TPSA) is 128 Å². The van der Waals surface area contributed by atoms with E-state index in [1.807, 2.05) is 30.3 Å². The molecule has 8 nitrogen and oxygen atoms in total. The second-order valence-corrected chi connectivity index (χ2v) is 8.60. The van der Waals surface area contributed by atoms with Crippen molar-refractivity contribution in [2.75, 3.05) is 7.05 Å². The molecule has 0 bridgehead atoms. The van der Waals surface area contributed by atoms with Crippen LogP contribution in [-0.4, -0.2) is 47.2 Å². The van der Waals surface area contributed by atoms with Crippen molar-refractivity contribution in [2.45, 2.75) is 89.7 Å². The van der Waals surface area contributed by atoms with Crippen molar-refractivity contribution < 1.29 is 24.7 Å². The predicted octanol–water partition coefficient (Wildman–Crippen LogP) is 2.86. The molecule has 3 atom stereocenters. The van der Waals surface area contributed by atoms with Gasteiger partial charge in [-0.1, -0.05) is 82.2 Å². The third-order valence-corrected chi connectivity index (χ3v) is 5.85. The molecular weight excluding hydrogens is 422 g/mol. The highest BCUT2D eigenvalue weighted by Crippen LogP contribution is 2.18. The summed E-state index contributed by atoms with van der Waals surface area (Å²) in [7, 11) is 1.49. The van der Waals surface area contributed by atoms with Gasteiger partial charge in [-0.05, 0) is 18.4 Å². The zero-order valence-corrected chi connectivity index (χ0v) is 20.0. The lowest BCUT2D eigenvalue weighted by Crippen LogP contribution is -2.48. The molecule has 3 amide bonds. The first-order valence-corrected chi connectivity index (χ1v) is 12.1. The number of benzene rings is 1. The molecule has 8 heteroatoms. The van der Waals surface area contributed by atoms with Gasteiger partial charge in [0.05, 0.1) is 18.6 Å². The SMILES string of the molecule is CCCCCCCCC[C@H](CC(=O)NO)C(=O)N[C@@H](Cc1ccccc1)[C@H](O)CC(=O)NC. The number of rotatable bonds is 17. The number of amides is 3. The molecule has 1 rings (SSSR count). The van der Waals surface area contributed by atoms with E-state index in [0.29, 0.717) is 12.8 Å². The zero-order valence-electron chi connectivity index (χ0n) is 20.0. The average Bonchev–Trinajstić information content (AvgIpc) is 2.82. The molecule has 0 unspecified atom stereocenters. The van der Waals surface area contributed by atoms with Crippen molar-refractivity contribution >= 4 is 17.7 Å². The van der Waals surface area contributed by atoms with E-state index in [1.54, 1.807) is 5.48 Å². The lowest BCUT2D eigenvalue weighted by molar-refractivity contribution is -0.135. The molecule has 0 aliphatic heterocycles. The Morgan fingerprint density at radius 3 is 2.15 bits per heavy atom. The molecular formula is C25H41N3O5. The van der Waals surface area contributed by atoms with Gasteiger partial charge in [0.15, 0.2) is 0 Å². The quantitative estimate of drug-likeness (QED) is 0.138. The Hall–Kier alpha value is -2.45. The number of aliphatic hydroxyl groups is 1. The van der Waals surface area contributed by atoms with Gasteiger partial charge in [0.25, 0.3) is 0 Å². The highest BCUT2D eigenvalue weighted by molar-refractivity contribution is 5.85. The van der Waals surface area contributed by atoms with E-state index < -0.39 is 24.0 Å². The van der Waals surface area contributed by atoms with Crippen LogP contribution in [0.4, 0.5) is 0 Å². The second kappa shape index (κ2) is 17.1. The lowest BCUT2D eigenvalue weighted by atomic mass is 9.93. The number of hydroxylamine groups is 1. The van der Waals surface area contributed by atoms with Gasteiger partial charge in [0.1, 0.15) is 0 Å². The molecule has 0 spiro atoms. The van der Waals surface area contributed by atoms with Crippen LogP contribution in [0.15, 0.2) is 30.3 Å². The van der Waals surface area contributed by atoms with Gasteiger partial charge >= 0.3 is 0 Å². The summed E-state index contributed by atoms with van der Waals surface area (Å²) in [4.78, 5) is 36.6. The monoisotopic (exact) mass is 463 g/mol. The Morgan fingerprint density at radius 1 is 0.909 bits per heavy atom. The Kier molecular flexibility index (Phi) is 14.8. The van der Waals surface area contributed by atoms with Crippen LogP contribution >= 0.6 is 0 Å². The summed E-state index contributed by atoms with van der Waals surface area (Å²) in [5.41, 5.74) is 2.52. The first kappa shape index (κ1) is 28.6. The van der Waals surface area contributed by atoms with Gasteiger partial charge < -0.3 is 15.7 Å². The maximum atomic E-state index is 13.1. The first-order chi connectivity index (χ1) is 15.9. The van der Waals surface area contributed by atoms with E-state index in [2.05, 4.69) is 17.6 Å². The fraction of sp³-hybridized carbons (Fsp3) is 0.640. The molecule has 0 radical (unpaired) electrons. The van der Waals surface area contributed by atoms with Crippen molar-refractivity contribution in [3.8, 4) is 0 Å². The standard InChI is InChI=1S/C25H41N3O5/c1-3-4-5-6-7-8-12-15-20(17-24(31)28-33)25(32)27-21(22(29)18-23(30)26-2)16-19-13-10-9-11-14-19/h9-11,13-14,20-22,29,33H,3-8,12,15-18H2,1-2H3,(H,26,30)(H,27,32)(H,28,31)/t20-,21+,22-/m1/s1. The lowest BCUT2D eigenvalue weighted by Gasteiger charge is -2.26. The van der Waals surface area contributed by atoms with Gasteiger partial charge in [-0.25, -0.2) is 5.48 Å². The molecule has 5 N–H and O–H groups in total. The summed E-state index contributed by atoms with van der Waals surface area (Å²) < 4.78 is 0. The van der Waals surface area contributed by atoms with Gasteiger partial charge in [-0.15, -0.1) is 0 Å². The largest absolute Gasteiger partial charge is 0.390 e. The van der Waals surface area contributed by atoms with E-state index in [0.717, 1.165) is 31.2 Å². The highest BCUT2D eigenvalue weighted by atomic mass is 16.5. The number of aliphatic hydroxyl groups excluding tert-OH is 1. The van der Waals surface area contributed by atoms with Crippen LogP contribution in [0, 0.1) is 5.92 Å². The highest BCUT2D eigenvalue weighted by Gasteiger charge is 2.28. The van der Waals surface area contributed by atoms with Crippen molar-refractivity contribution in [1.82, 2.24) is 16.1 Å². The summed E-state index contributed by atoms with van der Waals surface area (Å²) in [6.45, 7) is 2.17. The number of carbonyl (C=O) groups is 3. The minimum atomic E-state index is -1.08. The van der Waals surface area contributed by atoms with E-state index in [-0.39, 0.29) is 24.7 Å². The van der Waals surface area contributed by atoms with Crippen molar-refractivity contribution in [3.63, 3.8) is 0 Å². The summed E-state index contributed by atoms with van der Waals surface area (Å²) in [5.74, 6) is -1.93. The Balaban J connectivity index is 2.79. The van der Waals surface area contributed by atoms with Crippen LogP contribution in [0.25, 0.3) is 0 Å². The summed E-state index contributed by atoms with van der Waals surface area (Å²) in [6, 6.07) is 8.71. The fourth-order valence-corrected chi connectivity index (χ4v) is 3.83. The summed E-state index contributed by atoms with van der Waals surface area (Å²) in [5, 5.41) is 24.9. The Labute approximate surface area is 197 Å². The molecule has 1 aromatic carbocycles. The van der Waals surface area contributed by atoms with Crippen molar-refractivity contribution in [3.05, 3.63) is 35.9 Å². The minimum absolute atomic E-state index is 0.137. The van der Waals surface area contributed by atoms with Crippen LogP contribution in [0.5, 0.6) is 0 Å². The molecule has 0 heterocycles. The second-order valence-electron chi connectivity index (χ2n) is 8.60. The van der Waals surface area contributed by atoms with Crippen LogP contribution < -0.4 is 16.1 Å². The third-order valence-electron chi connectivity index (χ3n) is 5.85. The molecule has 33 heavy (non-hydrogen) atoms. The van der Waals surface area contributed by atoms with Crippen LogP contribution in [0.3, 0.4) is 0 Å². The Morgan fingerprint density at radius 2 is 1.55 bits per heavy atom. The smallest absolute Gasteiger partial charge is 0.244 e. The summed E-state index contributed by atoms with van der Waals surface area (Å²) in [6.07, 6.45) is 7.13. The average molecular weight is 464 g/mol. The molecule has 0 saturated carbocycles. The molecule has 186 valence electrons. The van der Waals surface area contributed by atoms with Gasteiger partial charge in [0, 0.05) is 19.4 Å². The Bertz CT molecular complexity index is 699. The normalized spacial score (nSPS) is 13.6. The van der Waals surface area contributed by atoms with Gasteiger partial charge in [0.2, 0.25) is 17.7 Å². The number of carbonyl (C=O) groups excluding carboxylic acids is 3. The van der Waals surface area contributed by atoms with Crippen LogP contribution in [0.2, 0.25) is 0 Å². The number of hydrogen-bond donors (Lipinski definition) is 5. The predicted molar refractivity (Wildman–Crippen MR) is 127 cm³/mol. The molecule has 0 aliphatic rings. The van der Waals surface area contributed by atoms with Crippen molar-refractivity contribution in [1.29, 1.82) is 0 Å². The maximum Gasteiger partial charge on any atom is 0.244 e. The third kappa shape index (κ3) is 12.4. The molecule has 0 aliphatic carbocycles. The number of nitrogens with one attached hydrogen (secondary N) is 3. The van der Waals surface area contributed by atoms with Crippen molar-refractivity contribution in [2.24, 2.45) is 5.92 Å². The van der Waals surface area contributed by atoms with E-state index in [9.17, 15) is 19.5 Å². The number of unbranched alkanes of at least 4 members (excludes halogenated alkanes) is 6. The van der Waals surface area contributed by atoms with E-state index in [4.69, 9.17) is 5.21 Å². The molecule has 1 aromatic rings. The molecule has 0 aromatic heterocycles. The molecule has 0 fully saturated rings. The van der Waals surface area contributed by atoms with E-state index in [1.165, 1.54) is 26.3 Å².